The molecule has 0 amide bonds. The summed E-state index contributed by atoms with van der Waals surface area (Å²) in [6.07, 6.45) is 14.2. The first-order valence-corrected chi connectivity index (χ1v) is 8.62. The highest BCUT2D eigenvalue weighted by Gasteiger charge is 2.31. The van der Waals surface area contributed by atoms with Crippen LogP contribution in [0.2, 0.25) is 0 Å². The third kappa shape index (κ3) is 4.40. The molecular weight excluding hydrogens is 274 g/mol. The predicted octanol–water partition coefficient (Wildman–Crippen LogP) is 4.01. The van der Waals surface area contributed by atoms with Gasteiger partial charge in [-0.1, -0.05) is 50.7 Å². The van der Waals surface area contributed by atoms with Crippen LogP contribution in [0.15, 0.2) is 24.9 Å². The topological polar surface area (TPSA) is 53.4 Å². The van der Waals surface area contributed by atoms with E-state index < -0.39 is 5.60 Å². The van der Waals surface area contributed by atoms with Crippen molar-refractivity contribution in [2.45, 2.75) is 76.4 Å². The minimum atomic E-state index is -0.998. The molecule has 1 aromatic rings. The van der Waals surface area contributed by atoms with Crippen molar-refractivity contribution in [2.24, 2.45) is 0 Å². The van der Waals surface area contributed by atoms with Crippen LogP contribution in [0, 0.1) is 0 Å². The van der Waals surface area contributed by atoms with Crippen LogP contribution in [-0.4, -0.2) is 15.2 Å². The zero-order valence-corrected chi connectivity index (χ0v) is 13.6. The number of hydrogen-bond donors (Lipinski definition) is 2. The maximum atomic E-state index is 11.1. The van der Waals surface area contributed by atoms with E-state index in [-0.39, 0.29) is 6.61 Å². The summed E-state index contributed by atoms with van der Waals surface area (Å²) >= 11 is 0. The van der Waals surface area contributed by atoms with Crippen LogP contribution >= 0.6 is 0 Å². The van der Waals surface area contributed by atoms with Gasteiger partial charge >= 0.3 is 0 Å². The average molecular weight is 303 g/mol. The molecule has 0 spiro atoms. The van der Waals surface area contributed by atoms with Crippen LogP contribution < -0.4 is 0 Å². The van der Waals surface area contributed by atoms with E-state index >= 15 is 0 Å². The van der Waals surface area contributed by atoms with Gasteiger partial charge in [0.25, 0.3) is 0 Å². The second-order valence-electron chi connectivity index (χ2n) is 6.51. The first-order valence-electron chi connectivity index (χ1n) is 8.62. The molecule has 1 aliphatic heterocycles. The van der Waals surface area contributed by atoms with Gasteiger partial charge in [-0.3, -0.25) is 4.98 Å². The molecule has 0 unspecified atom stereocenters. The van der Waals surface area contributed by atoms with Gasteiger partial charge < -0.3 is 10.2 Å². The van der Waals surface area contributed by atoms with Crippen LogP contribution in [0.1, 0.15) is 74.6 Å². The molecule has 2 heterocycles. The van der Waals surface area contributed by atoms with E-state index in [4.69, 9.17) is 0 Å². The fraction of sp³-hybridized carbons (Fsp3) is 0.632. The standard InChI is InChI=1S/C19H29NO2/c1-2-11-19(22)12-9-7-5-3-4-6-8-10-16-13-17(15-21)18(19)20-14-16/h2,13-14,21-22H,1,3-12,15H2/t19-/m0/s1. The Balaban J connectivity index is 2.32. The molecule has 1 aromatic heterocycles. The number of aryl methyl sites for hydroxylation is 1. The Morgan fingerprint density at radius 1 is 1.14 bits per heavy atom. The second-order valence-corrected chi connectivity index (χ2v) is 6.51. The molecule has 3 rings (SSSR count). The molecule has 0 fully saturated rings. The van der Waals surface area contributed by atoms with Gasteiger partial charge in [-0.2, -0.15) is 0 Å². The van der Waals surface area contributed by atoms with Crippen LogP contribution in [0.3, 0.4) is 0 Å². The summed E-state index contributed by atoms with van der Waals surface area (Å²) in [5, 5.41) is 20.8. The summed E-state index contributed by atoms with van der Waals surface area (Å²) in [5.74, 6) is 0. The average Bonchev–Trinajstić information content (AvgIpc) is 2.53. The lowest BCUT2D eigenvalue weighted by Gasteiger charge is -2.29. The Morgan fingerprint density at radius 3 is 2.50 bits per heavy atom. The quantitative estimate of drug-likeness (QED) is 0.829. The number of aromatic nitrogens is 1. The second kappa shape index (κ2) is 8.44. The van der Waals surface area contributed by atoms with E-state index in [2.05, 4.69) is 11.6 Å². The van der Waals surface area contributed by atoms with E-state index in [9.17, 15) is 10.2 Å². The van der Waals surface area contributed by atoms with Crippen molar-refractivity contribution in [3.8, 4) is 0 Å². The van der Waals surface area contributed by atoms with E-state index in [1.54, 1.807) is 6.08 Å². The van der Waals surface area contributed by atoms with Gasteiger partial charge in [0, 0.05) is 11.8 Å². The van der Waals surface area contributed by atoms with Crippen molar-refractivity contribution in [3.63, 3.8) is 0 Å². The molecular formula is C19H29NO2. The summed E-state index contributed by atoms with van der Waals surface area (Å²) in [7, 11) is 0. The highest BCUT2D eigenvalue weighted by Crippen LogP contribution is 2.33. The summed E-state index contributed by atoms with van der Waals surface area (Å²) in [6.45, 7) is 3.70. The van der Waals surface area contributed by atoms with Gasteiger partial charge in [0.05, 0.1) is 12.3 Å². The van der Waals surface area contributed by atoms with Crippen LogP contribution in [0.5, 0.6) is 0 Å². The number of aliphatic hydroxyl groups excluding tert-OH is 1. The summed E-state index contributed by atoms with van der Waals surface area (Å²) in [6, 6.07) is 2.02. The van der Waals surface area contributed by atoms with Gasteiger partial charge in [-0.25, -0.2) is 0 Å². The number of hydrogen-bond acceptors (Lipinski definition) is 3. The van der Waals surface area contributed by atoms with Gasteiger partial charge in [-0.05, 0) is 31.2 Å². The molecule has 0 aromatic carbocycles. The smallest absolute Gasteiger partial charge is 0.110 e. The molecule has 0 radical (unpaired) electrons. The Labute approximate surface area is 134 Å². The van der Waals surface area contributed by atoms with E-state index in [0.717, 1.165) is 30.4 Å². The SMILES string of the molecule is C=CC[C@]1(O)CCCCCCCCCc2cnc1c(CO)c2. The monoisotopic (exact) mass is 303 g/mol. The number of nitrogens with zero attached hydrogens (tertiary/aromatic N) is 1. The summed E-state index contributed by atoms with van der Waals surface area (Å²) in [5.41, 5.74) is 1.56. The lowest BCUT2D eigenvalue weighted by atomic mass is 9.85. The Bertz CT molecular complexity index is 486. The van der Waals surface area contributed by atoms with Crippen LogP contribution in [0.4, 0.5) is 0 Å². The van der Waals surface area contributed by atoms with E-state index in [0.29, 0.717) is 18.5 Å². The zero-order chi connectivity index (χ0) is 15.8. The third-order valence-electron chi connectivity index (χ3n) is 4.67. The molecule has 0 saturated heterocycles. The highest BCUT2D eigenvalue weighted by atomic mass is 16.3. The number of aliphatic hydroxyl groups is 2. The Kier molecular flexibility index (Phi) is 6.59. The van der Waals surface area contributed by atoms with Crippen molar-refractivity contribution in [1.29, 1.82) is 0 Å². The fourth-order valence-corrected chi connectivity index (χ4v) is 3.42. The largest absolute Gasteiger partial charge is 0.392 e. The van der Waals surface area contributed by atoms with Gasteiger partial charge in [0.2, 0.25) is 0 Å². The molecule has 1 atom stereocenters. The molecule has 2 bridgehead atoms. The van der Waals surface area contributed by atoms with Crippen molar-refractivity contribution in [2.75, 3.05) is 0 Å². The van der Waals surface area contributed by atoms with Gasteiger partial charge in [0.1, 0.15) is 5.60 Å². The van der Waals surface area contributed by atoms with Crippen LogP contribution in [-0.2, 0) is 18.6 Å². The van der Waals surface area contributed by atoms with Gasteiger partial charge in [0.15, 0.2) is 0 Å². The van der Waals surface area contributed by atoms with Crippen molar-refractivity contribution in [1.82, 2.24) is 4.98 Å². The van der Waals surface area contributed by atoms with E-state index in [1.165, 1.54) is 32.1 Å². The zero-order valence-electron chi connectivity index (χ0n) is 13.6. The normalized spacial score (nSPS) is 23.9. The van der Waals surface area contributed by atoms with Crippen LogP contribution in [0.25, 0.3) is 0 Å². The van der Waals surface area contributed by atoms with Crippen molar-refractivity contribution in [3.05, 3.63) is 41.7 Å². The lowest BCUT2D eigenvalue weighted by Crippen LogP contribution is -2.28. The Morgan fingerprint density at radius 2 is 1.82 bits per heavy atom. The highest BCUT2D eigenvalue weighted by molar-refractivity contribution is 5.30. The molecule has 2 N–H and O–H groups in total. The molecule has 0 saturated carbocycles. The Hall–Kier alpha value is -1.19. The predicted molar refractivity (Wildman–Crippen MR) is 89.5 cm³/mol. The first kappa shape index (κ1) is 17.2. The first-order chi connectivity index (χ1) is 10.7. The molecule has 122 valence electrons. The summed E-state index contributed by atoms with van der Waals surface area (Å²) in [4.78, 5) is 4.53. The minimum Gasteiger partial charge on any atom is -0.392 e. The number of rotatable bonds is 3. The van der Waals surface area contributed by atoms with E-state index in [1.807, 2.05) is 12.3 Å². The maximum Gasteiger partial charge on any atom is 0.110 e. The molecule has 3 heteroatoms. The minimum absolute atomic E-state index is 0.0738. The van der Waals surface area contributed by atoms with Crippen molar-refractivity contribution >= 4 is 0 Å². The van der Waals surface area contributed by atoms with Gasteiger partial charge in [-0.15, -0.1) is 6.58 Å². The van der Waals surface area contributed by atoms with Crippen molar-refractivity contribution < 1.29 is 10.2 Å². The number of pyridine rings is 1. The fourth-order valence-electron chi connectivity index (χ4n) is 3.42. The molecule has 1 aliphatic carbocycles. The third-order valence-corrected chi connectivity index (χ3v) is 4.67. The molecule has 2 aliphatic rings. The summed E-state index contributed by atoms with van der Waals surface area (Å²) < 4.78 is 0. The molecule has 22 heavy (non-hydrogen) atoms. The maximum absolute atomic E-state index is 11.1. The lowest BCUT2D eigenvalue weighted by molar-refractivity contribution is 0.0212. The number of fused-ring (bicyclic) bond motifs is 11. The molecule has 3 nitrogen and oxygen atoms in total.